The van der Waals surface area contributed by atoms with Crippen LogP contribution in [0.15, 0.2) is 74.6 Å². The number of thioether (sulfide) groups is 1. The van der Waals surface area contributed by atoms with E-state index >= 15 is 0 Å². The summed E-state index contributed by atoms with van der Waals surface area (Å²) in [5.41, 5.74) is 0.769. The Balaban J connectivity index is 1.70. The smallest absolute Gasteiger partial charge is 0.288 e. The van der Waals surface area contributed by atoms with E-state index in [1.165, 1.54) is 12.3 Å². The minimum Gasteiger partial charge on any atom is -0.461 e. The molecule has 0 saturated heterocycles. The summed E-state index contributed by atoms with van der Waals surface area (Å²) in [6.45, 7) is 0. The van der Waals surface area contributed by atoms with Gasteiger partial charge in [-0.2, -0.15) is 8.78 Å². The Bertz CT molecular complexity index is 834. The van der Waals surface area contributed by atoms with Crippen LogP contribution in [0.2, 0.25) is 0 Å². The Morgan fingerprint density at radius 1 is 1.08 bits per heavy atom. The molecule has 0 amide bonds. The summed E-state index contributed by atoms with van der Waals surface area (Å²) in [5, 5.41) is 0. The number of allylic oxidation sites excluding steroid dienone is 1. The predicted molar refractivity (Wildman–Crippen MR) is 88.1 cm³/mol. The van der Waals surface area contributed by atoms with Gasteiger partial charge in [-0.1, -0.05) is 23.9 Å². The van der Waals surface area contributed by atoms with Crippen LogP contribution in [-0.2, 0) is 0 Å². The lowest BCUT2D eigenvalue weighted by Gasteiger charge is -2.01. The van der Waals surface area contributed by atoms with E-state index < -0.39 is 5.76 Å². The number of halogens is 2. The molecule has 0 fully saturated rings. The van der Waals surface area contributed by atoms with E-state index in [0.29, 0.717) is 28.2 Å². The number of ketones is 1. The number of hydrogen-bond donors (Lipinski definition) is 0. The molecule has 24 heavy (non-hydrogen) atoms. The highest BCUT2D eigenvalue weighted by atomic mass is 32.2. The molecule has 0 bridgehead atoms. The van der Waals surface area contributed by atoms with Crippen LogP contribution >= 0.6 is 11.8 Å². The lowest BCUT2D eigenvalue weighted by molar-refractivity contribution is 0.102. The van der Waals surface area contributed by atoms with Gasteiger partial charge < -0.3 is 8.83 Å². The molecule has 0 atom stereocenters. The van der Waals surface area contributed by atoms with Crippen molar-refractivity contribution in [1.29, 1.82) is 0 Å². The molecule has 0 spiro atoms. The lowest BCUT2D eigenvalue weighted by atomic mass is 10.2. The Kier molecular flexibility index (Phi) is 4.96. The molecule has 1 aromatic carbocycles. The first-order valence-electron chi connectivity index (χ1n) is 7.03. The molecule has 0 aliphatic carbocycles. The van der Waals surface area contributed by atoms with E-state index in [2.05, 4.69) is 0 Å². The Labute approximate surface area is 141 Å². The minimum absolute atomic E-state index is 0.255. The highest BCUT2D eigenvalue weighted by Gasteiger charge is 2.08. The monoisotopic (exact) mass is 346 g/mol. The van der Waals surface area contributed by atoms with Crippen LogP contribution in [0.4, 0.5) is 8.78 Å². The van der Waals surface area contributed by atoms with Crippen LogP contribution in [0.1, 0.15) is 16.3 Å². The van der Waals surface area contributed by atoms with Gasteiger partial charge in [-0.3, -0.25) is 4.79 Å². The van der Waals surface area contributed by atoms with E-state index in [1.807, 2.05) is 0 Å². The molecule has 2 aromatic heterocycles. The zero-order valence-electron chi connectivity index (χ0n) is 12.3. The lowest BCUT2D eigenvalue weighted by Crippen LogP contribution is -1.89. The van der Waals surface area contributed by atoms with Gasteiger partial charge in [0.25, 0.3) is 5.76 Å². The van der Waals surface area contributed by atoms with Gasteiger partial charge in [0.05, 0.1) is 6.26 Å². The zero-order valence-corrected chi connectivity index (χ0v) is 13.1. The summed E-state index contributed by atoms with van der Waals surface area (Å²) in [6, 6.07) is 13.4. The largest absolute Gasteiger partial charge is 0.461 e. The third kappa shape index (κ3) is 4.02. The quantitative estimate of drug-likeness (QED) is 0.324. The van der Waals surface area contributed by atoms with Gasteiger partial charge in [0.2, 0.25) is 5.78 Å². The molecule has 3 aromatic rings. The van der Waals surface area contributed by atoms with E-state index in [4.69, 9.17) is 8.83 Å². The van der Waals surface area contributed by atoms with Gasteiger partial charge in [0.1, 0.15) is 11.5 Å². The van der Waals surface area contributed by atoms with Crippen molar-refractivity contribution in [2.75, 3.05) is 0 Å². The first kappa shape index (κ1) is 16.3. The number of benzene rings is 1. The third-order valence-corrected chi connectivity index (χ3v) is 3.88. The van der Waals surface area contributed by atoms with Crippen molar-refractivity contribution >= 4 is 23.6 Å². The first-order valence-corrected chi connectivity index (χ1v) is 7.91. The Hall–Kier alpha value is -2.60. The van der Waals surface area contributed by atoms with Crippen LogP contribution in [0.5, 0.6) is 0 Å². The average molecular weight is 346 g/mol. The minimum atomic E-state index is -2.44. The highest BCUT2D eigenvalue weighted by molar-refractivity contribution is 7.99. The first-order chi connectivity index (χ1) is 11.6. The van der Waals surface area contributed by atoms with Crippen LogP contribution in [0, 0.1) is 0 Å². The van der Waals surface area contributed by atoms with Crippen molar-refractivity contribution in [3.05, 3.63) is 72.4 Å². The summed E-state index contributed by atoms with van der Waals surface area (Å²) < 4.78 is 35.2. The molecule has 0 radical (unpaired) electrons. The molecule has 0 N–H and O–H groups in total. The van der Waals surface area contributed by atoms with Crippen LogP contribution in [0.25, 0.3) is 17.4 Å². The Morgan fingerprint density at radius 2 is 1.88 bits per heavy atom. The van der Waals surface area contributed by atoms with Crippen molar-refractivity contribution in [3.8, 4) is 11.3 Å². The number of carbonyl (C=O) groups is 1. The molecule has 0 unspecified atom stereocenters. The van der Waals surface area contributed by atoms with Gasteiger partial charge >= 0.3 is 0 Å². The fourth-order valence-electron chi connectivity index (χ4n) is 2.06. The second-order valence-electron chi connectivity index (χ2n) is 4.78. The molecular formula is C18H12F2O3S. The average Bonchev–Trinajstić information content (AvgIpc) is 3.25. The molecular weight excluding hydrogens is 334 g/mol. The molecule has 6 heteroatoms. The molecule has 122 valence electrons. The number of hydrogen-bond acceptors (Lipinski definition) is 4. The molecule has 0 aliphatic heterocycles. The van der Waals surface area contributed by atoms with Crippen molar-refractivity contribution in [3.63, 3.8) is 0 Å². The van der Waals surface area contributed by atoms with E-state index in [0.717, 1.165) is 5.56 Å². The maximum absolute atomic E-state index is 12.3. The molecule has 0 saturated carbocycles. The molecule has 3 nitrogen and oxygen atoms in total. The second kappa shape index (κ2) is 7.31. The van der Waals surface area contributed by atoms with Gasteiger partial charge in [-0.25, -0.2) is 0 Å². The van der Waals surface area contributed by atoms with Gasteiger partial charge in [0.15, 0.2) is 5.76 Å². The number of furan rings is 2. The SMILES string of the molecule is O=C(C=Cc1ccc(-c2ccc(SC(F)F)cc2)o1)c1ccco1. The van der Waals surface area contributed by atoms with E-state index in [9.17, 15) is 13.6 Å². The number of alkyl halides is 2. The summed E-state index contributed by atoms with van der Waals surface area (Å²) in [5.74, 6) is -1.34. The zero-order chi connectivity index (χ0) is 16.9. The summed E-state index contributed by atoms with van der Waals surface area (Å²) in [6.07, 6.45) is 4.35. The van der Waals surface area contributed by atoms with Crippen molar-refractivity contribution < 1.29 is 22.4 Å². The summed E-state index contributed by atoms with van der Waals surface area (Å²) >= 11 is 0.496. The topological polar surface area (TPSA) is 43.4 Å². The van der Waals surface area contributed by atoms with E-state index in [-0.39, 0.29) is 11.5 Å². The summed E-state index contributed by atoms with van der Waals surface area (Å²) in [7, 11) is 0. The van der Waals surface area contributed by atoms with Gasteiger partial charge in [-0.05, 0) is 48.6 Å². The van der Waals surface area contributed by atoms with Crippen LogP contribution < -0.4 is 0 Å². The fourth-order valence-corrected chi connectivity index (χ4v) is 2.56. The normalized spacial score (nSPS) is 11.5. The standard InChI is InChI=1S/C18H12F2O3S/c19-18(20)24-14-7-3-12(4-8-14)16-10-6-13(23-16)5-9-15(21)17-2-1-11-22-17/h1-11,18H. The van der Waals surface area contributed by atoms with Gasteiger partial charge in [-0.15, -0.1) is 0 Å². The third-order valence-electron chi connectivity index (χ3n) is 3.15. The maximum atomic E-state index is 12.3. The summed E-state index contributed by atoms with van der Waals surface area (Å²) in [4.78, 5) is 12.3. The number of carbonyl (C=O) groups excluding carboxylic acids is 1. The molecule has 2 heterocycles. The number of rotatable bonds is 6. The van der Waals surface area contributed by atoms with E-state index in [1.54, 1.807) is 54.6 Å². The second-order valence-corrected chi connectivity index (χ2v) is 5.84. The predicted octanol–water partition coefficient (Wildman–Crippen LogP) is 5.75. The van der Waals surface area contributed by atoms with Crippen LogP contribution in [-0.4, -0.2) is 11.5 Å². The van der Waals surface area contributed by atoms with Crippen molar-refractivity contribution in [1.82, 2.24) is 0 Å². The fraction of sp³-hybridized carbons (Fsp3) is 0.0556. The van der Waals surface area contributed by atoms with Crippen molar-refractivity contribution in [2.24, 2.45) is 0 Å². The molecule has 3 rings (SSSR count). The van der Waals surface area contributed by atoms with Gasteiger partial charge in [0, 0.05) is 10.5 Å². The van der Waals surface area contributed by atoms with Crippen LogP contribution in [0.3, 0.4) is 0 Å². The molecule has 0 aliphatic rings. The Morgan fingerprint density at radius 3 is 2.54 bits per heavy atom. The maximum Gasteiger partial charge on any atom is 0.288 e. The highest BCUT2D eigenvalue weighted by Crippen LogP contribution is 2.29. The van der Waals surface area contributed by atoms with Crippen molar-refractivity contribution in [2.45, 2.75) is 10.7 Å².